The Balaban J connectivity index is 1.68. The molecule has 2 fully saturated rings. The molecule has 2 atom stereocenters. The number of likely N-dealkylation sites (N-methyl/N-ethyl adjacent to an activating group) is 2. The molecule has 0 aromatic carbocycles. The van der Waals surface area contributed by atoms with Crippen LogP contribution < -0.4 is 10.6 Å². The van der Waals surface area contributed by atoms with Gasteiger partial charge in [-0.2, -0.15) is 0 Å². The molecule has 2 unspecified atom stereocenters. The average Bonchev–Trinajstić information content (AvgIpc) is 2.95. The van der Waals surface area contributed by atoms with Crippen molar-refractivity contribution in [1.82, 2.24) is 20.4 Å². The SMILES string of the molecule is CCN1CCCC1CNC(=NC)NCC1CN(C)CCO1. The van der Waals surface area contributed by atoms with Crippen LogP contribution in [0.2, 0.25) is 0 Å². The van der Waals surface area contributed by atoms with E-state index in [1.165, 1.54) is 19.4 Å². The largest absolute Gasteiger partial charge is 0.374 e. The minimum Gasteiger partial charge on any atom is -0.374 e. The predicted octanol–water partition coefficient (Wildman–Crippen LogP) is -0.0337. The van der Waals surface area contributed by atoms with Crippen molar-refractivity contribution in [3.63, 3.8) is 0 Å². The number of likely N-dealkylation sites (tertiary alicyclic amines) is 1. The van der Waals surface area contributed by atoms with Gasteiger partial charge in [0.1, 0.15) is 0 Å². The van der Waals surface area contributed by atoms with Gasteiger partial charge in [0.2, 0.25) is 0 Å². The monoisotopic (exact) mass is 297 g/mol. The third-order valence-corrected chi connectivity index (χ3v) is 4.47. The summed E-state index contributed by atoms with van der Waals surface area (Å²) < 4.78 is 5.76. The van der Waals surface area contributed by atoms with Gasteiger partial charge in [-0.15, -0.1) is 0 Å². The first-order valence-corrected chi connectivity index (χ1v) is 8.21. The highest BCUT2D eigenvalue weighted by atomic mass is 16.5. The first-order chi connectivity index (χ1) is 10.2. The van der Waals surface area contributed by atoms with Crippen molar-refractivity contribution in [3.05, 3.63) is 0 Å². The maximum absolute atomic E-state index is 5.76. The minimum atomic E-state index is 0.251. The van der Waals surface area contributed by atoms with Crippen LogP contribution in [0.25, 0.3) is 0 Å². The highest BCUT2D eigenvalue weighted by molar-refractivity contribution is 5.79. The van der Waals surface area contributed by atoms with Gasteiger partial charge in [-0.25, -0.2) is 0 Å². The zero-order valence-electron chi connectivity index (χ0n) is 13.8. The van der Waals surface area contributed by atoms with E-state index in [4.69, 9.17) is 4.74 Å². The summed E-state index contributed by atoms with van der Waals surface area (Å²) >= 11 is 0. The van der Waals surface area contributed by atoms with Crippen LogP contribution in [0.15, 0.2) is 4.99 Å². The molecule has 2 N–H and O–H groups in total. The highest BCUT2D eigenvalue weighted by Gasteiger charge is 2.23. The van der Waals surface area contributed by atoms with Gasteiger partial charge in [0.05, 0.1) is 12.7 Å². The Labute approximate surface area is 128 Å². The molecule has 2 aliphatic heterocycles. The molecule has 0 aromatic heterocycles. The molecule has 2 heterocycles. The molecule has 0 bridgehead atoms. The molecule has 0 aromatic rings. The van der Waals surface area contributed by atoms with E-state index in [0.29, 0.717) is 6.04 Å². The Bertz CT molecular complexity index is 336. The van der Waals surface area contributed by atoms with E-state index in [0.717, 1.165) is 45.3 Å². The van der Waals surface area contributed by atoms with Gasteiger partial charge in [-0.05, 0) is 33.0 Å². The second kappa shape index (κ2) is 8.56. The molecule has 0 saturated carbocycles. The molecule has 2 rings (SSSR count). The van der Waals surface area contributed by atoms with Crippen molar-refractivity contribution < 1.29 is 4.74 Å². The molecular formula is C15H31N5O. The zero-order chi connectivity index (χ0) is 15.1. The van der Waals surface area contributed by atoms with Gasteiger partial charge in [0.15, 0.2) is 5.96 Å². The number of rotatable bonds is 5. The van der Waals surface area contributed by atoms with Gasteiger partial charge in [-0.1, -0.05) is 6.92 Å². The lowest BCUT2D eigenvalue weighted by atomic mass is 10.2. The predicted molar refractivity (Wildman–Crippen MR) is 86.9 cm³/mol. The summed E-state index contributed by atoms with van der Waals surface area (Å²) in [6, 6.07) is 0.644. The molecular weight excluding hydrogens is 266 g/mol. The number of aliphatic imine (C=N–C) groups is 1. The molecule has 0 amide bonds. The van der Waals surface area contributed by atoms with E-state index >= 15 is 0 Å². The number of ether oxygens (including phenoxy) is 1. The summed E-state index contributed by atoms with van der Waals surface area (Å²) in [6.07, 6.45) is 2.85. The molecule has 0 radical (unpaired) electrons. The smallest absolute Gasteiger partial charge is 0.191 e. The van der Waals surface area contributed by atoms with E-state index in [2.05, 4.69) is 39.4 Å². The Kier molecular flexibility index (Phi) is 6.73. The number of nitrogens with one attached hydrogen (secondary N) is 2. The quantitative estimate of drug-likeness (QED) is 0.551. The summed E-state index contributed by atoms with van der Waals surface area (Å²) in [5.41, 5.74) is 0. The second-order valence-electron chi connectivity index (χ2n) is 6.01. The van der Waals surface area contributed by atoms with Crippen LogP contribution in [0.1, 0.15) is 19.8 Å². The molecule has 6 nitrogen and oxygen atoms in total. The second-order valence-corrected chi connectivity index (χ2v) is 6.01. The Morgan fingerprint density at radius 3 is 2.81 bits per heavy atom. The number of nitrogens with zero attached hydrogens (tertiary/aromatic N) is 3. The fraction of sp³-hybridized carbons (Fsp3) is 0.933. The maximum Gasteiger partial charge on any atom is 0.191 e. The lowest BCUT2D eigenvalue weighted by molar-refractivity contribution is -0.0161. The third kappa shape index (κ3) is 5.13. The summed E-state index contributed by atoms with van der Waals surface area (Å²) in [6.45, 7) is 9.22. The summed E-state index contributed by atoms with van der Waals surface area (Å²) in [5.74, 6) is 0.884. The van der Waals surface area contributed by atoms with Crippen LogP contribution in [0.4, 0.5) is 0 Å². The van der Waals surface area contributed by atoms with Gasteiger partial charge in [-0.3, -0.25) is 9.89 Å². The van der Waals surface area contributed by atoms with Crippen LogP contribution in [0.3, 0.4) is 0 Å². The molecule has 122 valence electrons. The minimum absolute atomic E-state index is 0.251. The van der Waals surface area contributed by atoms with E-state index in [9.17, 15) is 0 Å². The molecule has 21 heavy (non-hydrogen) atoms. The third-order valence-electron chi connectivity index (χ3n) is 4.47. The van der Waals surface area contributed by atoms with Crippen LogP contribution in [-0.2, 0) is 4.74 Å². The van der Waals surface area contributed by atoms with E-state index in [1.807, 2.05) is 7.05 Å². The van der Waals surface area contributed by atoms with E-state index in [1.54, 1.807) is 0 Å². The summed E-state index contributed by atoms with van der Waals surface area (Å²) in [4.78, 5) is 9.16. The maximum atomic E-state index is 5.76. The fourth-order valence-electron chi connectivity index (χ4n) is 3.18. The Morgan fingerprint density at radius 2 is 2.10 bits per heavy atom. The van der Waals surface area contributed by atoms with E-state index in [-0.39, 0.29) is 6.10 Å². The number of morpholine rings is 1. The average molecular weight is 297 g/mol. The zero-order valence-corrected chi connectivity index (χ0v) is 13.8. The number of hydrogen-bond donors (Lipinski definition) is 2. The number of hydrogen-bond acceptors (Lipinski definition) is 4. The Morgan fingerprint density at radius 1 is 1.29 bits per heavy atom. The van der Waals surface area contributed by atoms with Crippen molar-refractivity contribution in [3.8, 4) is 0 Å². The van der Waals surface area contributed by atoms with Crippen molar-refractivity contribution >= 4 is 5.96 Å². The standard InChI is InChI=1S/C15H31N5O/c1-4-20-7-5-6-13(20)10-17-15(16-2)18-11-14-12-19(3)8-9-21-14/h13-14H,4-12H2,1-3H3,(H2,16,17,18). The van der Waals surface area contributed by atoms with E-state index < -0.39 is 0 Å². The first kappa shape index (κ1) is 16.5. The first-order valence-electron chi connectivity index (χ1n) is 8.21. The molecule has 2 aliphatic rings. The van der Waals surface area contributed by atoms with Gasteiger partial charge >= 0.3 is 0 Å². The fourth-order valence-corrected chi connectivity index (χ4v) is 3.18. The lowest BCUT2D eigenvalue weighted by Crippen LogP contribution is -2.50. The number of guanidine groups is 1. The molecule has 0 spiro atoms. The van der Waals surface area contributed by atoms with Crippen LogP contribution in [-0.4, -0.2) is 87.9 Å². The molecule has 6 heteroatoms. The summed E-state index contributed by atoms with van der Waals surface area (Å²) in [5, 5.41) is 6.84. The highest BCUT2D eigenvalue weighted by Crippen LogP contribution is 2.15. The van der Waals surface area contributed by atoms with Gasteiger partial charge in [0, 0.05) is 39.3 Å². The van der Waals surface area contributed by atoms with Crippen molar-refractivity contribution in [2.75, 3.05) is 60.0 Å². The van der Waals surface area contributed by atoms with Crippen molar-refractivity contribution in [2.24, 2.45) is 4.99 Å². The molecule has 0 aliphatic carbocycles. The van der Waals surface area contributed by atoms with Gasteiger partial charge < -0.3 is 20.3 Å². The normalized spacial score (nSPS) is 28.8. The van der Waals surface area contributed by atoms with Crippen LogP contribution >= 0.6 is 0 Å². The summed E-state index contributed by atoms with van der Waals surface area (Å²) in [7, 11) is 3.97. The van der Waals surface area contributed by atoms with Crippen molar-refractivity contribution in [1.29, 1.82) is 0 Å². The molecule has 2 saturated heterocycles. The Hall–Kier alpha value is -0.850. The lowest BCUT2D eigenvalue weighted by Gasteiger charge is -2.30. The topological polar surface area (TPSA) is 52.1 Å². The van der Waals surface area contributed by atoms with Crippen molar-refractivity contribution in [2.45, 2.75) is 31.9 Å². The van der Waals surface area contributed by atoms with Crippen LogP contribution in [0.5, 0.6) is 0 Å². The van der Waals surface area contributed by atoms with Crippen LogP contribution in [0, 0.1) is 0 Å². The van der Waals surface area contributed by atoms with Gasteiger partial charge in [0.25, 0.3) is 0 Å².